The standard InChI is InChI=1S/C13H15NO3/c1-3-9-6-12(13(16)17-4-2)10(7-14)5-11(9)8-15/h5-6,15H,3-4,8H2,1-2H3. The summed E-state index contributed by atoms with van der Waals surface area (Å²) >= 11 is 0. The second-order valence-corrected chi connectivity index (χ2v) is 3.51. The molecule has 0 heterocycles. The second kappa shape index (κ2) is 6.02. The van der Waals surface area contributed by atoms with Gasteiger partial charge in [0.15, 0.2) is 0 Å². The number of hydrogen-bond donors (Lipinski definition) is 1. The van der Waals surface area contributed by atoms with Crippen molar-refractivity contribution in [1.82, 2.24) is 0 Å². The average Bonchev–Trinajstić information content (AvgIpc) is 2.37. The van der Waals surface area contributed by atoms with Crippen LogP contribution in [0, 0.1) is 11.3 Å². The van der Waals surface area contributed by atoms with Crippen molar-refractivity contribution in [1.29, 1.82) is 5.26 Å². The lowest BCUT2D eigenvalue weighted by Gasteiger charge is -2.10. The minimum Gasteiger partial charge on any atom is -0.462 e. The van der Waals surface area contributed by atoms with Crippen molar-refractivity contribution < 1.29 is 14.6 Å². The molecule has 0 unspecified atom stereocenters. The largest absolute Gasteiger partial charge is 0.462 e. The Morgan fingerprint density at radius 3 is 2.59 bits per heavy atom. The van der Waals surface area contributed by atoms with Gasteiger partial charge in [-0.1, -0.05) is 6.92 Å². The normalized spacial score (nSPS) is 9.76. The molecule has 0 aliphatic rings. The van der Waals surface area contributed by atoms with Gasteiger partial charge in [-0.15, -0.1) is 0 Å². The molecule has 17 heavy (non-hydrogen) atoms. The molecule has 0 saturated carbocycles. The Bertz CT molecular complexity index is 460. The van der Waals surface area contributed by atoms with Gasteiger partial charge in [-0.05, 0) is 36.6 Å². The van der Waals surface area contributed by atoms with Crippen LogP contribution in [0.2, 0.25) is 0 Å². The van der Waals surface area contributed by atoms with Crippen LogP contribution in [0.25, 0.3) is 0 Å². The van der Waals surface area contributed by atoms with Crippen LogP contribution in [0.5, 0.6) is 0 Å². The van der Waals surface area contributed by atoms with E-state index in [1.807, 2.05) is 13.0 Å². The molecule has 4 heteroatoms. The number of aryl methyl sites for hydroxylation is 1. The molecule has 90 valence electrons. The molecule has 0 saturated heterocycles. The van der Waals surface area contributed by atoms with Gasteiger partial charge in [0.1, 0.15) is 6.07 Å². The molecule has 0 amide bonds. The lowest BCUT2D eigenvalue weighted by molar-refractivity contribution is 0.0526. The molecule has 0 bridgehead atoms. The fourth-order valence-corrected chi connectivity index (χ4v) is 1.64. The predicted octanol–water partition coefficient (Wildman–Crippen LogP) is 1.79. The second-order valence-electron chi connectivity index (χ2n) is 3.51. The van der Waals surface area contributed by atoms with Crippen LogP contribution in [0.1, 0.15) is 40.9 Å². The first-order chi connectivity index (χ1) is 8.17. The molecule has 1 aromatic rings. The van der Waals surface area contributed by atoms with Gasteiger partial charge in [0.25, 0.3) is 0 Å². The molecule has 1 rings (SSSR count). The topological polar surface area (TPSA) is 70.3 Å². The molecule has 1 N–H and O–H groups in total. The van der Waals surface area contributed by atoms with Crippen LogP contribution in [-0.2, 0) is 17.8 Å². The number of nitriles is 1. The number of ether oxygens (including phenoxy) is 1. The number of carbonyl (C=O) groups is 1. The maximum Gasteiger partial charge on any atom is 0.339 e. The molecule has 0 aromatic heterocycles. The van der Waals surface area contributed by atoms with E-state index in [0.717, 1.165) is 5.56 Å². The van der Waals surface area contributed by atoms with Gasteiger partial charge in [0.05, 0.1) is 24.3 Å². The highest BCUT2D eigenvalue weighted by Gasteiger charge is 2.15. The Morgan fingerprint density at radius 2 is 2.12 bits per heavy atom. The zero-order valence-corrected chi connectivity index (χ0v) is 9.99. The van der Waals surface area contributed by atoms with Gasteiger partial charge < -0.3 is 9.84 Å². The molecule has 4 nitrogen and oxygen atoms in total. The van der Waals surface area contributed by atoms with Crippen LogP contribution in [-0.4, -0.2) is 17.7 Å². The molecule has 0 spiro atoms. The number of rotatable bonds is 4. The van der Waals surface area contributed by atoms with E-state index in [0.29, 0.717) is 12.0 Å². The smallest absolute Gasteiger partial charge is 0.339 e. The SMILES string of the molecule is CCOC(=O)c1cc(CC)c(CO)cc1C#N. The van der Waals surface area contributed by atoms with Gasteiger partial charge in [-0.3, -0.25) is 0 Å². The molecule has 0 fully saturated rings. The van der Waals surface area contributed by atoms with Gasteiger partial charge in [-0.2, -0.15) is 5.26 Å². The highest BCUT2D eigenvalue weighted by atomic mass is 16.5. The minimum absolute atomic E-state index is 0.138. The summed E-state index contributed by atoms with van der Waals surface area (Å²) in [5.41, 5.74) is 2.04. The van der Waals surface area contributed by atoms with Gasteiger partial charge in [0.2, 0.25) is 0 Å². The third-order valence-electron chi connectivity index (χ3n) is 2.51. The van der Waals surface area contributed by atoms with Crippen LogP contribution < -0.4 is 0 Å². The zero-order chi connectivity index (χ0) is 12.8. The first kappa shape index (κ1) is 13.2. The van der Waals surface area contributed by atoms with Gasteiger partial charge in [0, 0.05) is 0 Å². The van der Waals surface area contributed by atoms with E-state index < -0.39 is 5.97 Å². The van der Waals surface area contributed by atoms with E-state index in [1.165, 1.54) is 0 Å². The highest BCUT2D eigenvalue weighted by molar-refractivity contribution is 5.92. The van der Waals surface area contributed by atoms with Crippen molar-refractivity contribution in [2.45, 2.75) is 26.9 Å². The third kappa shape index (κ3) is 2.83. The summed E-state index contributed by atoms with van der Waals surface area (Å²) in [7, 11) is 0. The van der Waals surface area contributed by atoms with E-state index in [-0.39, 0.29) is 24.3 Å². The number of benzene rings is 1. The monoisotopic (exact) mass is 233 g/mol. The number of aliphatic hydroxyl groups excluding tert-OH is 1. The Morgan fingerprint density at radius 1 is 1.41 bits per heavy atom. The maximum absolute atomic E-state index is 11.7. The molecule has 0 aliphatic heterocycles. The van der Waals surface area contributed by atoms with Crippen molar-refractivity contribution in [2.75, 3.05) is 6.61 Å². The lowest BCUT2D eigenvalue weighted by Crippen LogP contribution is -2.09. The molecule has 0 aliphatic carbocycles. The Hall–Kier alpha value is -1.86. The molecule has 1 aromatic carbocycles. The summed E-state index contributed by atoms with van der Waals surface area (Å²) in [5, 5.41) is 18.2. The van der Waals surface area contributed by atoms with Crippen molar-refractivity contribution >= 4 is 5.97 Å². The summed E-state index contributed by atoms with van der Waals surface area (Å²) in [4.78, 5) is 11.7. The molecule has 0 atom stereocenters. The summed E-state index contributed by atoms with van der Waals surface area (Å²) in [6.45, 7) is 3.77. The first-order valence-electron chi connectivity index (χ1n) is 5.51. The fraction of sp³-hybridized carbons (Fsp3) is 0.385. The summed E-state index contributed by atoms with van der Waals surface area (Å²) in [6.07, 6.45) is 0.688. The number of nitrogens with zero attached hydrogens (tertiary/aromatic N) is 1. The summed E-state index contributed by atoms with van der Waals surface area (Å²) in [5.74, 6) is -0.497. The first-order valence-corrected chi connectivity index (χ1v) is 5.51. The lowest BCUT2D eigenvalue weighted by atomic mass is 9.97. The van der Waals surface area contributed by atoms with E-state index >= 15 is 0 Å². The van der Waals surface area contributed by atoms with Gasteiger partial charge >= 0.3 is 5.97 Å². The van der Waals surface area contributed by atoms with Crippen molar-refractivity contribution in [2.24, 2.45) is 0 Å². The molecule has 0 radical (unpaired) electrons. The van der Waals surface area contributed by atoms with Gasteiger partial charge in [-0.25, -0.2) is 4.79 Å². The average molecular weight is 233 g/mol. The van der Waals surface area contributed by atoms with Crippen LogP contribution in [0.15, 0.2) is 12.1 Å². The highest BCUT2D eigenvalue weighted by Crippen LogP contribution is 2.18. The minimum atomic E-state index is -0.497. The predicted molar refractivity (Wildman–Crippen MR) is 62.4 cm³/mol. The number of esters is 1. The molecular weight excluding hydrogens is 218 g/mol. The number of carbonyl (C=O) groups excluding carboxylic acids is 1. The quantitative estimate of drug-likeness (QED) is 0.805. The third-order valence-corrected chi connectivity index (χ3v) is 2.51. The zero-order valence-electron chi connectivity index (χ0n) is 9.99. The van der Waals surface area contributed by atoms with Crippen LogP contribution in [0.4, 0.5) is 0 Å². The Labute approximate surface area is 100 Å². The number of aliphatic hydroxyl groups is 1. The Balaban J connectivity index is 3.29. The Kier molecular flexibility index (Phi) is 4.68. The maximum atomic E-state index is 11.7. The van der Waals surface area contributed by atoms with Crippen molar-refractivity contribution in [3.63, 3.8) is 0 Å². The summed E-state index contributed by atoms with van der Waals surface area (Å²) < 4.78 is 4.89. The van der Waals surface area contributed by atoms with E-state index in [4.69, 9.17) is 10.00 Å². The van der Waals surface area contributed by atoms with Crippen molar-refractivity contribution in [3.05, 3.63) is 34.4 Å². The molecular formula is C13H15NO3. The van der Waals surface area contributed by atoms with E-state index in [1.54, 1.807) is 19.1 Å². The van der Waals surface area contributed by atoms with E-state index in [2.05, 4.69) is 0 Å². The van der Waals surface area contributed by atoms with Crippen molar-refractivity contribution in [3.8, 4) is 6.07 Å². The summed E-state index contributed by atoms with van der Waals surface area (Å²) in [6, 6.07) is 5.12. The fourth-order valence-electron chi connectivity index (χ4n) is 1.64. The van der Waals surface area contributed by atoms with E-state index in [9.17, 15) is 9.90 Å². The van der Waals surface area contributed by atoms with Crippen LogP contribution >= 0.6 is 0 Å². The number of hydrogen-bond acceptors (Lipinski definition) is 4. The van der Waals surface area contributed by atoms with Crippen LogP contribution in [0.3, 0.4) is 0 Å².